The molecule has 0 saturated carbocycles. The van der Waals surface area contributed by atoms with Crippen molar-refractivity contribution in [1.82, 2.24) is 4.98 Å². The maximum absolute atomic E-state index is 11.5. The van der Waals surface area contributed by atoms with Crippen LogP contribution in [0.4, 0.5) is 11.5 Å². The van der Waals surface area contributed by atoms with Crippen molar-refractivity contribution in [2.45, 2.75) is 0 Å². The number of hydrogen-bond donors (Lipinski definition) is 3. The Bertz CT molecular complexity index is 530. The second-order valence-corrected chi connectivity index (χ2v) is 3.91. The first-order chi connectivity index (χ1) is 9.35. The number of methoxy groups -OCH3 is 1. The predicted octanol–water partition coefficient (Wildman–Crippen LogP) is -1.77. The molecule has 0 aliphatic heterocycles. The number of carbonyl (C=O) groups excluding carboxylic acids is 3. The van der Waals surface area contributed by atoms with Crippen LogP contribution in [0.2, 0.25) is 0 Å². The van der Waals surface area contributed by atoms with E-state index in [1.807, 2.05) is 0 Å². The Kier molecular flexibility index (Phi) is 4.84. The first-order valence-corrected chi connectivity index (χ1v) is 5.50. The van der Waals surface area contributed by atoms with Gasteiger partial charge in [0.1, 0.15) is 5.82 Å². The normalized spacial score (nSPS) is 9.85. The number of anilines is 2. The predicted molar refractivity (Wildman–Crippen MR) is 70.6 cm³/mol. The Labute approximate surface area is 114 Å². The van der Waals surface area contributed by atoms with Gasteiger partial charge in [-0.15, -0.1) is 0 Å². The lowest BCUT2D eigenvalue weighted by molar-refractivity contribution is -0.117. The summed E-state index contributed by atoms with van der Waals surface area (Å²) in [6.07, 6.45) is 1.22. The third kappa shape index (κ3) is 3.83. The van der Waals surface area contributed by atoms with Crippen LogP contribution in [0, 0.1) is 0 Å². The van der Waals surface area contributed by atoms with E-state index >= 15 is 0 Å². The summed E-state index contributed by atoms with van der Waals surface area (Å²) in [5.74, 6) is -1.85. The Hall–Kier alpha value is -2.84. The summed E-state index contributed by atoms with van der Waals surface area (Å²) >= 11 is 0. The Morgan fingerprint density at radius 3 is 2.25 bits per heavy atom. The summed E-state index contributed by atoms with van der Waals surface area (Å²) in [6.45, 7) is -0.555. The van der Waals surface area contributed by atoms with Gasteiger partial charge in [0.15, 0.2) is 0 Å². The molecule has 1 aromatic heterocycles. The first kappa shape index (κ1) is 15.2. The zero-order valence-electron chi connectivity index (χ0n) is 10.8. The number of rotatable bonds is 6. The van der Waals surface area contributed by atoms with Gasteiger partial charge in [0.25, 0.3) is 0 Å². The highest BCUT2D eigenvalue weighted by Crippen LogP contribution is 2.18. The van der Waals surface area contributed by atoms with Crippen molar-refractivity contribution in [2.24, 2.45) is 11.5 Å². The monoisotopic (exact) mass is 281 g/mol. The van der Waals surface area contributed by atoms with Crippen LogP contribution in [0.5, 0.6) is 0 Å². The van der Waals surface area contributed by atoms with Gasteiger partial charge in [-0.1, -0.05) is 0 Å². The standard InChI is InChI=1S/C11H15N5O4/c1-20-11(19)6-2-10(15-3-7(6)12)16(4-8(13)17)5-9(14)18/h2-3H,4-5,12H2,1H3,(H2,13,17)(H2,14,18). The number of nitrogens with two attached hydrogens (primary N) is 3. The molecule has 0 spiro atoms. The van der Waals surface area contributed by atoms with Crippen LogP contribution in [-0.2, 0) is 14.3 Å². The highest BCUT2D eigenvalue weighted by Gasteiger charge is 2.17. The number of ether oxygens (including phenoxy) is 1. The SMILES string of the molecule is COC(=O)c1cc(N(CC(N)=O)CC(N)=O)ncc1N. The molecule has 9 nitrogen and oxygen atoms in total. The number of hydrogen-bond acceptors (Lipinski definition) is 7. The molecule has 0 unspecified atom stereocenters. The minimum absolute atomic E-state index is 0.0661. The van der Waals surface area contributed by atoms with Crippen LogP contribution >= 0.6 is 0 Å². The second kappa shape index (κ2) is 6.36. The Morgan fingerprint density at radius 1 is 1.25 bits per heavy atom. The summed E-state index contributed by atoms with van der Waals surface area (Å²) in [4.78, 5) is 38.7. The Balaban J connectivity index is 3.16. The zero-order valence-corrected chi connectivity index (χ0v) is 10.8. The minimum Gasteiger partial charge on any atom is -0.465 e. The molecule has 0 atom stereocenters. The number of nitrogen functional groups attached to an aromatic ring is 1. The fourth-order valence-electron chi connectivity index (χ4n) is 1.51. The number of amides is 2. The van der Waals surface area contributed by atoms with E-state index in [-0.39, 0.29) is 30.2 Å². The fraction of sp³-hybridized carbons (Fsp3) is 0.273. The van der Waals surface area contributed by atoms with Gasteiger partial charge >= 0.3 is 5.97 Å². The summed E-state index contributed by atoms with van der Waals surface area (Å²) in [5, 5.41) is 0. The lowest BCUT2D eigenvalue weighted by Crippen LogP contribution is -2.40. The molecule has 1 heterocycles. The molecule has 1 aromatic rings. The summed E-state index contributed by atoms with van der Waals surface area (Å²) in [6, 6.07) is 1.30. The molecule has 0 fully saturated rings. The zero-order chi connectivity index (χ0) is 15.3. The van der Waals surface area contributed by atoms with Crippen LogP contribution in [-0.4, -0.2) is 43.0 Å². The molecule has 6 N–H and O–H groups in total. The third-order valence-corrected chi connectivity index (χ3v) is 2.34. The molecular weight excluding hydrogens is 266 g/mol. The molecule has 0 saturated heterocycles. The quantitative estimate of drug-likeness (QED) is 0.521. The van der Waals surface area contributed by atoms with E-state index in [0.717, 1.165) is 0 Å². The van der Waals surface area contributed by atoms with Gasteiger partial charge in [-0.2, -0.15) is 0 Å². The lowest BCUT2D eigenvalue weighted by Gasteiger charge is -2.21. The number of pyridine rings is 1. The molecule has 2 amide bonds. The number of nitrogens with zero attached hydrogens (tertiary/aromatic N) is 2. The van der Waals surface area contributed by atoms with Gasteiger partial charge in [-0.25, -0.2) is 9.78 Å². The van der Waals surface area contributed by atoms with Crippen molar-refractivity contribution in [1.29, 1.82) is 0 Å². The van der Waals surface area contributed by atoms with Crippen LogP contribution in [0.15, 0.2) is 12.3 Å². The third-order valence-electron chi connectivity index (χ3n) is 2.34. The maximum Gasteiger partial charge on any atom is 0.340 e. The largest absolute Gasteiger partial charge is 0.465 e. The molecule has 0 radical (unpaired) electrons. The number of aromatic nitrogens is 1. The number of carbonyl (C=O) groups is 3. The average molecular weight is 281 g/mol. The van der Waals surface area contributed by atoms with Gasteiger partial charge in [0.2, 0.25) is 11.8 Å². The van der Waals surface area contributed by atoms with Crippen LogP contribution in [0.3, 0.4) is 0 Å². The van der Waals surface area contributed by atoms with Gasteiger partial charge in [0, 0.05) is 0 Å². The minimum atomic E-state index is -0.676. The van der Waals surface area contributed by atoms with E-state index < -0.39 is 17.8 Å². The van der Waals surface area contributed by atoms with Crippen molar-refractivity contribution in [3.63, 3.8) is 0 Å². The lowest BCUT2D eigenvalue weighted by atomic mass is 10.2. The van der Waals surface area contributed by atoms with Crippen molar-refractivity contribution in [3.05, 3.63) is 17.8 Å². The van der Waals surface area contributed by atoms with Gasteiger partial charge < -0.3 is 26.8 Å². The van der Waals surface area contributed by atoms with Crippen molar-refractivity contribution in [2.75, 3.05) is 30.8 Å². The smallest absolute Gasteiger partial charge is 0.340 e. The van der Waals surface area contributed by atoms with Crippen LogP contribution in [0.25, 0.3) is 0 Å². The molecule has 1 rings (SSSR count). The molecule has 9 heteroatoms. The van der Waals surface area contributed by atoms with Crippen molar-refractivity contribution >= 4 is 29.3 Å². The highest BCUT2D eigenvalue weighted by molar-refractivity contribution is 5.96. The van der Waals surface area contributed by atoms with Crippen LogP contribution < -0.4 is 22.1 Å². The molecule has 0 aromatic carbocycles. The van der Waals surface area contributed by atoms with E-state index in [2.05, 4.69) is 9.72 Å². The van der Waals surface area contributed by atoms with E-state index in [1.165, 1.54) is 24.3 Å². The van der Waals surface area contributed by atoms with Gasteiger partial charge in [-0.05, 0) is 6.07 Å². The van der Waals surface area contributed by atoms with E-state index in [4.69, 9.17) is 17.2 Å². The Morgan fingerprint density at radius 2 is 1.80 bits per heavy atom. The summed E-state index contributed by atoms with van der Waals surface area (Å²) in [7, 11) is 1.20. The maximum atomic E-state index is 11.5. The average Bonchev–Trinajstić information content (AvgIpc) is 2.36. The van der Waals surface area contributed by atoms with E-state index in [1.54, 1.807) is 0 Å². The summed E-state index contributed by atoms with van der Waals surface area (Å²) in [5.41, 5.74) is 15.9. The van der Waals surface area contributed by atoms with Crippen LogP contribution in [0.1, 0.15) is 10.4 Å². The number of esters is 1. The summed E-state index contributed by atoms with van der Waals surface area (Å²) < 4.78 is 4.57. The molecule has 20 heavy (non-hydrogen) atoms. The van der Waals surface area contributed by atoms with E-state index in [0.29, 0.717) is 0 Å². The fourth-order valence-corrected chi connectivity index (χ4v) is 1.51. The van der Waals surface area contributed by atoms with Gasteiger partial charge in [0.05, 0.1) is 37.6 Å². The molecular formula is C11H15N5O4. The van der Waals surface area contributed by atoms with Crippen molar-refractivity contribution < 1.29 is 19.1 Å². The molecule has 108 valence electrons. The van der Waals surface area contributed by atoms with Gasteiger partial charge in [-0.3, -0.25) is 9.59 Å². The molecule has 0 aliphatic carbocycles. The molecule has 0 aliphatic rings. The number of primary amides is 2. The highest BCUT2D eigenvalue weighted by atomic mass is 16.5. The topological polar surface area (TPSA) is 155 Å². The molecule has 0 bridgehead atoms. The second-order valence-electron chi connectivity index (χ2n) is 3.91. The first-order valence-electron chi connectivity index (χ1n) is 5.50. The van der Waals surface area contributed by atoms with E-state index in [9.17, 15) is 14.4 Å². The van der Waals surface area contributed by atoms with Crippen molar-refractivity contribution in [3.8, 4) is 0 Å².